The number of aliphatic imine (C=N–C) groups is 1. The summed E-state index contributed by atoms with van der Waals surface area (Å²) in [5, 5.41) is 11.5. The first-order valence-electron chi connectivity index (χ1n) is 35.5. The molecule has 9 aliphatic heterocycles. The molecule has 0 radical (unpaired) electrons. The van der Waals surface area contributed by atoms with Gasteiger partial charge < -0.3 is 30.2 Å². The second-order valence-electron chi connectivity index (χ2n) is 28.4. The van der Waals surface area contributed by atoms with E-state index >= 15 is 0 Å². The Labute approximate surface area is 549 Å². The number of carbonyl (C=O) groups excluding carboxylic acids is 1. The van der Waals surface area contributed by atoms with Gasteiger partial charge in [-0.25, -0.2) is 15.0 Å². The molecule has 3 N–H and O–H groups in total. The van der Waals surface area contributed by atoms with Gasteiger partial charge in [0.1, 0.15) is 40.4 Å². The van der Waals surface area contributed by atoms with Crippen LogP contribution in [0.5, 0.6) is 0 Å². The number of imidazole rings is 3. The molecule has 7 unspecified atom stereocenters. The summed E-state index contributed by atoms with van der Waals surface area (Å²) in [7, 11) is 2.17. The molecule has 7 aromatic heterocycles. The molecule has 0 aromatic carbocycles. The van der Waals surface area contributed by atoms with Crippen LogP contribution < -0.4 is 25.8 Å². The fourth-order valence-corrected chi connectivity index (χ4v) is 16.8. The molecule has 0 spiro atoms. The number of allylic oxidation sites excluding steroid dienone is 2. The van der Waals surface area contributed by atoms with E-state index in [-0.39, 0.29) is 23.9 Å². The summed E-state index contributed by atoms with van der Waals surface area (Å²) < 4.78 is 6.97. The van der Waals surface area contributed by atoms with E-state index in [2.05, 4.69) is 164 Å². The van der Waals surface area contributed by atoms with Crippen molar-refractivity contribution in [2.75, 3.05) is 95.4 Å². The highest BCUT2D eigenvalue weighted by molar-refractivity contribution is 5.81. The van der Waals surface area contributed by atoms with Crippen LogP contribution in [0.1, 0.15) is 185 Å². The molecule has 0 amide bonds. The fourth-order valence-electron chi connectivity index (χ4n) is 16.8. The number of fused-ring (bicyclic) bond motifs is 4. The molecular weight excluding hydrogens is 1160 g/mol. The smallest absolute Gasteiger partial charge is 0.138 e. The average Bonchev–Trinajstić information content (AvgIpc) is 1.66. The minimum absolute atomic E-state index is 0.0188. The van der Waals surface area contributed by atoms with Crippen LogP contribution in [0.15, 0.2) is 108 Å². The zero-order chi connectivity index (χ0) is 63.1. The third-order valence-corrected chi connectivity index (χ3v) is 22.0. The van der Waals surface area contributed by atoms with E-state index in [1.165, 1.54) is 134 Å². The SMILES string of the molecule is CC1=C(C2CC(=O)CC(c3cn4c(N5CCN(C)CC5)cccc4n3)N2)N=CCC1.Cc1cccnc1C1CCCC(c2cn3c(N4CCN(C5CC5)CC4)cccc3n2)N1.Cc1cccnc1C1CCCC(c2nc3n(c2C)C(N2CCN4CCCC4C2)=CCC3)N1. The molecular formula is C74H98N18O. The number of aromatic nitrogens is 8. The molecule has 1 saturated carbocycles. The summed E-state index contributed by atoms with van der Waals surface area (Å²) in [6.07, 6.45) is 30.3. The van der Waals surface area contributed by atoms with Gasteiger partial charge in [-0.1, -0.05) is 24.3 Å². The Kier molecular flexibility index (Phi) is 18.2. The molecule has 10 aliphatic rings. The van der Waals surface area contributed by atoms with Crippen molar-refractivity contribution in [3.63, 3.8) is 0 Å². The molecule has 7 aromatic rings. The van der Waals surface area contributed by atoms with Crippen molar-refractivity contribution in [2.24, 2.45) is 4.99 Å². The topological polar surface area (TPSA) is 163 Å². The first-order valence-corrected chi connectivity index (χ1v) is 35.5. The van der Waals surface area contributed by atoms with Gasteiger partial charge in [0.2, 0.25) is 0 Å². The van der Waals surface area contributed by atoms with E-state index in [9.17, 15) is 4.79 Å². The van der Waals surface area contributed by atoms with Crippen LogP contribution in [0.2, 0.25) is 0 Å². The van der Waals surface area contributed by atoms with Crippen LogP contribution in [0.25, 0.3) is 17.1 Å². The van der Waals surface area contributed by atoms with Crippen molar-refractivity contribution >= 4 is 40.7 Å². The number of nitrogens with zero attached hydrogens (tertiary/aromatic N) is 15. The summed E-state index contributed by atoms with van der Waals surface area (Å²) in [6, 6.07) is 23.9. The van der Waals surface area contributed by atoms with Crippen LogP contribution in [0.3, 0.4) is 0 Å². The molecule has 19 heteroatoms. The normalized spacial score (nSPS) is 26.6. The monoisotopic (exact) mass is 1250 g/mol. The summed E-state index contributed by atoms with van der Waals surface area (Å²) in [5.74, 6) is 5.37. The van der Waals surface area contributed by atoms with Crippen molar-refractivity contribution in [3.05, 3.63) is 154 Å². The number of piperidine rings is 3. The molecule has 1 aliphatic carbocycles. The number of rotatable bonds is 10. The van der Waals surface area contributed by atoms with Crippen molar-refractivity contribution in [1.29, 1.82) is 0 Å². The number of pyridine rings is 4. The van der Waals surface area contributed by atoms with Gasteiger partial charge in [0, 0.05) is 140 Å². The minimum atomic E-state index is -0.0751. The number of likely N-dealkylation sites (N-methyl/N-ethyl adjacent to an activating group) is 1. The van der Waals surface area contributed by atoms with E-state index in [4.69, 9.17) is 19.9 Å². The van der Waals surface area contributed by atoms with E-state index in [0.717, 1.165) is 138 Å². The number of hydrogen-bond donors (Lipinski definition) is 3. The molecule has 16 heterocycles. The lowest BCUT2D eigenvalue weighted by molar-refractivity contribution is -0.121. The standard InChI is InChI=1S/C26H36N6.C25H32N6.C23H30N6O/c1-18-7-5-13-27-25(18)21-9-3-10-22(28-21)26-19(2)32-23(29-26)11-4-12-24(32)31-16-15-30-14-6-8-20(30)17-31;1-18-5-4-12-26-25(18)21-7-2-6-20(27-21)22-17-31-23(28-22)8-3-9-24(31)30-15-13-29(14-16-30)19-10-11-19;1-16-5-4-8-24-23(16)19-14-17(30)13-18(25-19)20-15-29-21(26-20)6-3-7-22(29)28-11-9-27(2)10-12-28/h5,7,12-13,20-22,28H,3-4,6,8-11,14-17H2,1-2H3;3-5,8-9,12,17,19-21,27H,2,6-7,10-11,13-16H2,1H3;3,6-8,15,18-19,25H,4-5,9-14H2,1-2H3. The zero-order valence-electron chi connectivity index (χ0n) is 55.8. The Hall–Kier alpha value is -7.13. The van der Waals surface area contributed by atoms with E-state index < -0.39 is 0 Å². The van der Waals surface area contributed by atoms with Gasteiger partial charge in [0.05, 0.1) is 70.4 Å². The lowest BCUT2D eigenvalue weighted by Crippen LogP contribution is -2.50. The summed E-state index contributed by atoms with van der Waals surface area (Å²) >= 11 is 0. The molecule has 8 fully saturated rings. The maximum absolute atomic E-state index is 12.6. The van der Waals surface area contributed by atoms with Crippen molar-refractivity contribution in [2.45, 2.75) is 179 Å². The predicted molar refractivity (Wildman–Crippen MR) is 370 cm³/mol. The Morgan fingerprint density at radius 1 is 0.505 bits per heavy atom. The van der Waals surface area contributed by atoms with Crippen LogP contribution in [-0.2, 0) is 11.2 Å². The maximum Gasteiger partial charge on any atom is 0.138 e. The molecule has 17 rings (SSSR count). The first kappa shape index (κ1) is 62.0. The van der Waals surface area contributed by atoms with Crippen molar-refractivity contribution in [1.82, 2.24) is 73.8 Å². The Balaban J connectivity index is 0.000000115. The Morgan fingerprint density at radius 3 is 1.71 bits per heavy atom. The number of Topliss-reactive ketones (excluding diaryl/α,β-unsaturated/α-hetero) is 1. The van der Waals surface area contributed by atoms with Gasteiger partial charge in [0.25, 0.3) is 0 Å². The maximum atomic E-state index is 12.6. The predicted octanol–water partition coefficient (Wildman–Crippen LogP) is 10.4. The van der Waals surface area contributed by atoms with Crippen LogP contribution in [-0.4, -0.2) is 174 Å². The van der Waals surface area contributed by atoms with Crippen LogP contribution >= 0.6 is 0 Å². The Bertz CT molecular complexity index is 3890. The highest BCUT2D eigenvalue weighted by atomic mass is 16.1. The second-order valence-corrected chi connectivity index (χ2v) is 28.4. The van der Waals surface area contributed by atoms with Gasteiger partial charge in [-0.05, 0) is 184 Å². The van der Waals surface area contributed by atoms with E-state index in [1.807, 2.05) is 36.8 Å². The van der Waals surface area contributed by atoms with Gasteiger partial charge in [-0.2, -0.15) is 0 Å². The first-order chi connectivity index (χ1) is 45.5. The molecule has 19 nitrogen and oxygen atoms in total. The van der Waals surface area contributed by atoms with Gasteiger partial charge in [-0.15, -0.1) is 0 Å². The zero-order valence-corrected chi connectivity index (χ0v) is 55.8. The number of aryl methyl sites for hydroxylation is 3. The third kappa shape index (κ3) is 13.2. The molecule has 0 bridgehead atoms. The lowest BCUT2D eigenvalue weighted by atomic mass is 9.91. The molecule has 7 saturated heterocycles. The summed E-state index contributed by atoms with van der Waals surface area (Å²) in [6.45, 7) is 22.3. The third-order valence-electron chi connectivity index (χ3n) is 22.0. The number of carbonyl (C=O) groups is 1. The van der Waals surface area contributed by atoms with Crippen molar-refractivity contribution in [3.8, 4) is 0 Å². The number of piperazine rings is 3. The fraction of sp³-hybridized carbons (Fsp3) is 0.554. The van der Waals surface area contributed by atoms with Crippen LogP contribution in [0, 0.1) is 20.8 Å². The Morgan fingerprint density at radius 2 is 1.08 bits per heavy atom. The van der Waals surface area contributed by atoms with Gasteiger partial charge >= 0.3 is 0 Å². The van der Waals surface area contributed by atoms with Gasteiger partial charge in [0.15, 0.2) is 0 Å². The average molecular weight is 1260 g/mol. The number of hydrogen-bond acceptors (Lipinski definition) is 16. The summed E-state index contributed by atoms with van der Waals surface area (Å²) in [4.78, 5) is 57.1. The number of anilines is 2. The lowest BCUT2D eigenvalue weighted by Gasteiger charge is -2.41. The highest BCUT2D eigenvalue weighted by Crippen LogP contribution is 2.39. The quantitative estimate of drug-likeness (QED) is 0.118. The largest absolute Gasteiger partial charge is 0.355 e. The van der Waals surface area contributed by atoms with Crippen LogP contribution in [0.4, 0.5) is 11.6 Å². The van der Waals surface area contributed by atoms with Crippen molar-refractivity contribution < 1.29 is 4.79 Å². The minimum Gasteiger partial charge on any atom is -0.355 e. The molecule has 490 valence electrons. The van der Waals surface area contributed by atoms with Gasteiger partial charge in [-0.3, -0.25) is 48.2 Å². The molecule has 7 atom stereocenters. The highest BCUT2D eigenvalue weighted by Gasteiger charge is 2.38. The number of nitrogens with one attached hydrogen (secondary N) is 3. The molecule has 93 heavy (non-hydrogen) atoms. The van der Waals surface area contributed by atoms with E-state index in [1.54, 1.807) is 0 Å². The second kappa shape index (κ2) is 27.3. The van der Waals surface area contributed by atoms with E-state index in [0.29, 0.717) is 31.0 Å². The summed E-state index contributed by atoms with van der Waals surface area (Å²) in [5.41, 5.74) is 13.9. The number of ketones is 1.